The highest BCUT2D eigenvalue weighted by Crippen LogP contribution is 2.23. The normalized spacial score (nSPS) is 11.2. The van der Waals surface area contributed by atoms with Gasteiger partial charge in [0.25, 0.3) is 0 Å². The van der Waals surface area contributed by atoms with Crippen LogP contribution in [0.2, 0.25) is 0 Å². The maximum absolute atomic E-state index is 11.3. The molecule has 2 N–H and O–H groups in total. The van der Waals surface area contributed by atoms with Crippen LogP contribution in [0.25, 0.3) is 11.0 Å². The molecular weight excluding hydrogens is 242 g/mol. The average Bonchev–Trinajstić information content (AvgIpc) is 2.72. The Bertz CT molecular complexity index is 589. The van der Waals surface area contributed by atoms with E-state index in [1.807, 2.05) is 32.0 Å². The number of aromatic nitrogens is 2. The molecule has 0 fully saturated rings. The van der Waals surface area contributed by atoms with Crippen LogP contribution in [0.5, 0.6) is 0 Å². The van der Waals surface area contributed by atoms with E-state index in [1.165, 1.54) is 4.90 Å². The first-order valence-corrected chi connectivity index (χ1v) is 6.54. The van der Waals surface area contributed by atoms with Crippen LogP contribution in [0.15, 0.2) is 18.2 Å². The number of carboxylic acid groups (broad SMARTS) is 1. The van der Waals surface area contributed by atoms with Crippen LogP contribution >= 0.6 is 0 Å². The number of aryl methyl sites for hydroxylation is 1. The third kappa shape index (κ3) is 2.54. The van der Waals surface area contributed by atoms with Gasteiger partial charge < -0.3 is 10.1 Å². The molecule has 2 rings (SSSR count). The van der Waals surface area contributed by atoms with E-state index in [0.29, 0.717) is 5.95 Å². The average molecular weight is 261 g/mol. The van der Waals surface area contributed by atoms with E-state index in [-0.39, 0.29) is 6.04 Å². The van der Waals surface area contributed by atoms with Crippen LogP contribution in [-0.4, -0.2) is 27.2 Å². The molecule has 5 heteroatoms. The van der Waals surface area contributed by atoms with Crippen molar-refractivity contribution in [3.8, 4) is 0 Å². The Morgan fingerprint density at radius 1 is 1.47 bits per heavy atom. The summed E-state index contributed by atoms with van der Waals surface area (Å²) in [6, 6.07) is 5.77. The van der Waals surface area contributed by atoms with Gasteiger partial charge in [0, 0.05) is 6.04 Å². The number of H-pyrrole nitrogens is 1. The molecule has 0 saturated carbocycles. The fraction of sp³-hybridized carbons (Fsp3) is 0.429. The second-order valence-electron chi connectivity index (χ2n) is 4.87. The van der Waals surface area contributed by atoms with Gasteiger partial charge in [-0.15, -0.1) is 0 Å². The molecule has 5 nitrogen and oxygen atoms in total. The van der Waals surface area contributed by atoms with Crippen molar-refractivity contribution < 1.29 is 9.90 Å². The van der Waals surface area contributed by atoms with Gasteiger partial charge >= 0.3 is 6.09 Å². The number of rotatable bonds is 4. The monoisotopic (exact) mass is 261 g/mol. The number of benzene rings is 1. The third-order valence-corrected chi connectivity index (χ3v) is 3.05. The number of hydrogen-bond donors (Lipinski definition) is 2. The number of anilines is 1. The number of nitrogens with zero attached hydrogens (tertiary/aromatic N) is 2. The van der Waals surface area contributed by atoms with E-state index >= 15 is 0 Å². The van der Waals surface area contributed by atoms with E-state index in [2.05, 4.69) is 16.9 Å². The van der Waals surface area contributed by atoms with Gasteiger partial charge in [0.15, 0.2) is 0 Å². The molecule has 1 aromatic heterocycles. The van der Waals surface area contributed by atoms with Gasteiger partial charge in [-0.3, -0.25) is 0 Å². The number of nitrogens with one attached hydrogen (secondary N) is 1. The number of carbonyl (C=O) groups is 1. The Morgan fingerprint density at radius 3 is 2.79 bits per heavy atom. The van der Waals surface area contributed by atoms with E-state index in [4.69, 9.17) is 0 Å². The maximum atomic E-state index is 11.3. The summed E-state index contributed by atoms with van der Waals surface area (Å²) in [5.41, 5.74) is 2.90. The summed E-state index contributed by atoms with van der Waals surface area (Å²) in [5.74, 6) is 0.390. The minimum Gasteiger partial charge on any atom is -0.465 e. The van der Waals surface area contributed by atoms with Crippen LogP contribution in [0.3, 0.4) is 0 Å². The summed E-state index contributed by atoms with van der Waals surface area (Å²) in [7, 11) is 0. The molecule has 2 aromatic rings. The zero-order chi connectivity index (χ0) is 14.0. The summed E-state index contributed by atoms with van der Waals surface area (Å²) < 4.78 is 0. The lowest BCUT2D eigenvalue weighted by Crippen LogP contribution is -2.36. The maximum Gasteiger partial charge on any atom is 0.414 e. The van der Waals surface area contributed by atoms with Crippen LogP contribution in [0.4, 0.5) is 10.7 Å². The Labute approximate surface area is 112 Å². The van der Waals surface area contributed by atoms with Crippen molar-refractivity contribution in [3.63, 3.8) is 0 Å². The summed E-state index contributed by atoms with van der Waals surface area (Å²) in [5, 5.41) is 9.26. The molecule has 0 radical (unpaired) electrons. The first-order chi connectivity index (χ1) is 9.04. The highest BCUT2D eigenvalue weighted by atomic mass is 16.4. The minimum absolute atomic E-state index is 0.160. The number of aromatic amines is 1. The first kappa shape index (κ1) is 13.4. The van der Waals surface area contributed by atoms with Crippen molar-refractivity contribution in [1.82, 2.24) is 9.97 Å². The standard InChI is InChI=1S/C14H19N3O2/c1-4-6-10-7-5-8-11-12(10)16-13(15-11)17(9(2)3)14(18)19/h5,7-9H,4,6H2,1-3H3,(H,15,16)(H,18,19). The molecule has 0 spiro atoms. The van der Waals surface area contributed by atoms with E-state index in [9.17, 15) is 9.90 Å². The molecule has 1 aromatic carbocycles. The summed E-state index contributed by atoms with van der Waals surface area (Å²) in [6.07, 6.45) is 0.982. The quantitative estimate of drug-likeness (QED) is 0.886. The molecule has 0 bridgehead atoms. The van der Waals surface area contributed by atoms with Crippen molar-refractivity contribution in [2.45, 2.75) is 39.7 Å². The van der Waals surface area contributed by atoms with Gasteiger partial charge in [-0.25, -0.2) is 14.7 Å². The lowest BCUT2D eigenvalue weighted by molar-refractivity contribution is 0.199. The molecule has 0 atom stereocenters. The van der Waals surface area contributed by atoms with Gasteiger partial charge in [0.2, 0.25) is 5.95 Å². The predicted octanol–water partition coefficient (Wildman–Crippen LogP) is 3.41. The zero-order valence-corrected chi connectivity index (χ0v) is 11.5. The molecular formula is C14H19N3O2. The van der Waals surface area contributed by atoms with Gasteiger partial charge in [0.1, 0.15) is 0 Å². The molecule has 0 aliphatic carbocycles. The number of fused-ring (bicyclic) bond motifs is 1. The van der Waals surface area contributed by atoms with Crippen molar-refractivity contribution in [1.29, 1.82) is 0 Å². The summed E-state index contributed by atoms with van der Waals surface area (Å²) in [6.45, 7) is 5.77. The van der Waals surface area contributed by atoms with Crippen molar-refractivity contribution in [2.75, 3.05) is 4.90 Å². The first-order valence-electron chi connectivity index (χ1n) is 6.54. The fourth-order valence-corrected chi connectivity index (χ4v) is 2.22. The number of para-hydroxylation sites is 1. The van der Waals surface area contributed by atoms with Gasteiger partial charge in [0.05, 0.1) is 11.0 Å². The molecule has 102 valence electrons. The van der Waals surface area contributed by atoms with Crippen molar-refractivity contribution in [3.05, 3.63) is 23.8 Å². The minimum atomic E-state index is -0.994. The Hall–Kier alpha value is -2.04. The molecule has 19 heavy (non-hydrogen) atoms. The molecule has 1 amide bonds. The second-order valence-corrected chi connectivity index (χ2v) is 4.87. The molecule has 0 unspecified atom stereocenters. The SMILES string of the molecule is CCCc1cccc2[nH]c(N(C(=O)O)C(C)C)nc12. The molecule has 0 aliphatic rings. The number of hydrogen-bond acceptors (Lipinski definition) is 2. The van der Waals surface area contributed by atoms with Crippen LogP contribution in [0, 0.1) is 0 Å². The van der Waals surface area contributed by atoms with Crippen LogP contribution < -0.4 is 4.90 Å². The van der Waals surface area contributed by atoms with Gasteiger partial charge in [-0.2, -0.15) is 0 Å². The van der Waals surface area contributed by atoms with Gasteiger partial charge in [-0.05, 0) is 31.9 Å². The van der Waals surface area contributed by atoms with Crippen molar-refractivity contribution >= 4 is 23.1 Å². The Kier molecular flexibility index (Phi) is 3.74. The lowest BCUT2D eigenvalue weighted by Gasteiger charge is -2.19. The zero-order valence-electron chi connectivity index (χ0n) is 11.5. The van der Waals surface area contributed by atoms with Crippen molar-refractivity contribution in [2.24, 2.45) is 0 Å². The van der Waals surface area contributed by atoms with Crippen LogP contribution in [-0.2, 0) is 6.42 Å². The van der Waals surface area contributed by atoms with Crippen LogP contribution in [0.1, 0.15) is 32.8 Å². The largest absolute Gasteiger partial charge is 0.465 e. The highest BCUT2D eigenvalue weighted by Gasteiger charge is 2.21. The fourth-order valence-electron chi connectivity index (χ4n) is 2.22. The molecule has 0 saturated heterocycles. The lowest BCUT2D eigenvalue weighted by atomic mass is 10.1. The highest BCUT2D eigenvalue weighted by molar-refractivity contribution is 5.88. The summed E-state index contributed by atoms with van der Waals surface area (Å²) in [4.78, 5) is 20.1. The topological polar surface area (TPSA) is 69.2 Å². The Morgan fingerprint density at radius 2 is 2.21 bits per heavy atom. The van der Waals surface area contributed by atoms with E-state index in [1.54, 1.807) is 0 Å². The number of amides is 1. The van der Waals surface area contributed by atoms with E-state index in [0.717, 1.165) is 29.4 Å². The second kappa shape index (κ2) is 5.30. The predicted molar refractivity (Wildman–Crippen MR) is 75.7 cm³/mol. The number of imidazole rings is 1. The van der Waals surface area contributed by atoms with E-state index < -0.39 is 6.09 Å². The third-order valence-electron chi connectivity index (χ3n) is 3.05. The van der Waals surface area contributed by atoms with Gasteiger partial charge in [-0.1, -0.05) is 25.5 Å². The smallest absolute Gasteiger partial charge is 0.414 e. The Balaban J connectivity index is 2.51. The molecule has 1 heterocycles. The molecule has 0 aliphatic heterocycles. The summed E-state index contributed by atoms with van der Waals surface area (Å²) >= 11 is 0.